The summed E-state index contributed by atoms with van der Waals surface area (Å²) in [6.07, 6.45) is 0. The molecule has 0 aliphatic rings. The van der Waals surface area contributed by atoms with Gasteiger partial charge in [-0.25, -0.2) is 0 Å². The summed E-state index contributed by atoms with van der Waals surface area (Å²) in [5.41, 5.74) is 9.80. The minimum Gasteiger partial charge on any atom is -0.309 e. The largest absolute Gasteiger partial charge is 0.309 e. The second kappa shape index (κ2) is 9.43. The molecule has 7 aromatic carbocycles. The Morgan fingerprint density at radius 3 is 1.71 bits per heavy atom. The fourth-order valence-electron chi connectivity index (χ4n) is 7.36. The van der Waals surface area contributed by atoms with Gasteiger partial charge >= 0.3 is 0 Å². The van der Waals surface area contributed by atoms with Crippen molar-refractivity contribution in [1.82, 2.24) is 9.13 Å². The van der Waals surface area contributed by atoms with Crippen molar-refractivity contribution in [3.05, 3.63) is 158 Å². The van der Waals surface area contributed by atoms with Crippen LogP contribution >= 0.6 is 11.3 Å². The van der Waals surface area contributed by atoms with E-state index in [-0.39, 0.29) is 0 Å². The van der Waals surface area contributed by atoms with Crippen LogP contribution in [-0.2, 0) is 0 Å². The minimum atomic E-state index is 1.18. The Kier molecular flexibility index (Phi) is 5.19. The standard InChI is InChI=1S/C42H26N2S/c1-2-11-27(12-3-1)28-21-23-33-41(25-28)45-40-20-10-19-39(42(33)40)44-37-18-9-6-15-32(37)34-26-29(22-24-38(34)44)43-35-16-7-4-13-30(35)31-14-5-8-17-36(31)43/h1-26H. The van der Waals surface area contributed by atoms with Gasteiger partial charge < -0.3 is 9.13 Å². The zero-order valence-corrected chi connectivity index (χ0v) is 25.1. The van der Waals surface area contributed by atoms with Crippen molar-refractivity contribution in [2.75, 3.05) is 0 Å². The highest BCUT2D eigenvalue weighted by atomic mass is 32.1. The number of para-hydroxylation sites is 3. The molecule has 3 heteroatoms. The highest BCUT2D eigenvalue weighted by molar-refractivity contribution is 7.26. The first-order valence-corrected chi connectivity index (χ1v) is 16.2. The van der Waals surface area contributed by atoms with Gasteiger partial charge in [-0.3, -0.25) is 0 Å². The lowest BCUT2D eigenvalue weighted by Gasteiger charge is -2.12. The molecule has 0 bridgehead atoms. The van der Waals surface area contributed by atoms with E-state index in [1.54, 1.807) is 0 Å². The van der Waals surface area contributed by atoms with E-state index in [2.05, 4.69) is 167 Å². The third-order valence-corrected chi connectivity index (χ3v) is 10.4. The molecule has 0 atom stereocenters. The van der Waals surface area contributed by atoms with Gasteiger partial charge in [0.05, 0.1) is 27.8 Å². The first-order valence-electron chi connectivity index (χ1n) is 15.4. The third-order valence-electron chi connectivity index (χ3n) is 9.32. The van der Waals surface area contributed by atoms with Crippen molar-refractivity contribution < 1.29 is 0 Å². The molecule has 45 heavy (non-hydrogen) atoms. The van der Waals surface area contributed by atoms with E-state index < -0.39 is 0 Å². The number of aromatic nitrogens is 2. The summed E-state index contributed by atoms with van der Waals surface area (Å²) in [6.45, 7) is 0. The van der Waals surface area contributed by atoms with E-state index >= 15 is 0 Å². The van der Waals surface area contributed by atoms with Gasteiger partial charge in [0.2, 0.25) is 0 Å². The molecule has 0 saturated heterocycles. The van der Waals surface area contributed by atoms with Gasteiger partial charge in [-0.1, -0.05) is 103 Å². The normalized spacial score (nSPS) is 12.0. The second-order valence-corrected chi connectivity index (χ2v) is 12.8. The Morgan fingerprint density at radius 1 is 0.356 bits per heavy atom. The van der Waals surface area contributed by atoms with Crippen LogP contribution in [0.25, 0.3) is 86.3 Å². The Hall–Kier alpha value is -5.64. The van der Waals surface area contributed by atoms with E-state index in [1.807, 2.05) is 11.3 Å². The molecule has 210 valence electrons. The topological polar surface area (TPSA) is 9.86 Å². The maximum atomic E-state index is 2.47. The molecule has 10 aromatic rings. The Morgan fingerprint density at radius 2 is 0.978 bits per heavy atom. The molecule has 0 spiro atoms. The zero-order valence-electron chi connectivity index (χ0n) is 24.3. The van der Waals surface area contributed by atoms with Crippen LogP contribution < -0.4 is 0 Å². The van der Waals surface area contributed by atoms with Crippen molar-refractivity contribution in [1.29, 1.82) is 0 Å². The van der Waals surface area contributed by atoms with Crippen molar-refractivity contribution in [3.8, 4) is 22.5 Å². The smallest absolute Gasteiger partial charge is 0.0555 e. The molecule has 2 nitrogen and oxygen atoms in total. The van der Waals surface area contributed by atoms with Gasteiger partial charge in [-0.15, -0.1) is 11.3 Å². The van der Waals surface area contributed by atoms with Gasteiger partial charge in [0.1, 0.15) is 0 Å². The lowest BCUT2D eigenvalue weighted by atomic mass is 10.0. The monoisotopic (exact) mass is 590 g/mol. The zero-order chi connectivity index (χ0) is 29.5. The van der Waals surface area contributed by atoms with Crippen LogP contribution in [0.3, 0.4) is 0 Å². The third kappa shape index (κ3) is 3.56. The summed E-state index contributed by atoms with van der Waals surface area (Å²) in [5.74, 6) is 0. The number of thiophene rings is 1. The average molecular weight is 591 g/mol. The van der Waals surface area contributed by atoms with Crippen molar-refractivity contribution >= 4 is 75.1 Å². The fourth-order valence-corrected chi connectivity index (χ4v) is 8.53. The average Bonchev–Trinajstić information content (AvgIpc) is 3.76. The molecule has 0 N–H and O–H groups in total. The highest BCUT2D eigenvalue weighted by Gasteiger charge is 2.19. The molecule has 3 heterocycles. The second-order valence-electron chi connectivity index (χ2n) is 11.8. The summed E-state index contributed by atoms with van der Waals surface area (Å²) >= 11 is 1.88. The lowest BCUT2D eigenvalue weighted by molar-refractivity contribution is 1.17. The maximum Gasteiger partial charge on any atom is 0.0555 e. The number of nitrogens with zero attached hydrogens (tertiary/aromatic N) is 2. The Bertz CT molecular complexity index is 2710. The summed E-state index contributed by atoms with van der Waals surface area (Å²) in [4.78, 5) is 0. The molecule has 0 unspecified atom stereocenters. The summed E-state index contributed by atoms with van der Waals surface area (Å²) in [7, 11) is 0. The summed E-state index contributed by atoms with van der Waals surface area (Å²) in [6, 6.07) is 57.6. The van der Waals surface area contributed by atoms with Crippen LogP contribution in [0.4, 0.5) is 0 Å². The molecule has 0 saturated carbocycles. The number of benzene rings is 7. The fraction of sp³-hybridized carbons (Fsp3) is 0. The van der Waals surface area contributed by atoms with Gasteiger partial charge in [0, 0.05) is 47.4 Å². The van der Waals surface area contributed by atoms with Crippen LogP contribution in [0, 0.1) is 0 Å². The van der Waals surface area contributed by atoms with Crippen LogP contribution in [0.5, 0.6) is 0 Å². The molecule has 3 aromatic heterocycles. The first-order chi connectivity index (χ1) is 22.3. The number of hydrogen-bond donors (Lipinski definition) is 0. The number of fused-ring (bicyclic) bond motifs is 9. The Labute approximate surface area is 263 Å². The van der Waals surface area contributed by atoms with Crippen molar-refractivity contribution in [3.63, 3.8) is 0 Å². The highest BCUT2D eigenvalue weighted by Crippen LogP contribution is 2.43. The molecule has 10 rings (SSSR count). The maximum absolute atomic E-state index is 2.47. The molecule has 0 aliphatic carbocycles. The van der Waals surface area contributed by atoms with E-state index in [9.17, 15) is 0 Å². The Balaban J connectivity index is 1.24. The molecule has 0 amide bonds. The molecular weight excluding hydrogens is 565 g/mol. The number of rotatable bonds is 3. The minimum absolute atomic E-state index is 1.18. The quantitative estimate of drug-likeness (QED) is 0.194. The van der Waals surface area contributed by atoms with E-state index in [1.165, 1.54) is 86.3 Å². The predicted octanol–water partition coefficient (Wildman–Crippen LogP) is 11.9. The van der Waals surface area contributed by atoms with Crippen LogP contribution in [0.15, 0.2) is 158 Å². The SMILES string of the molecule is c1ccc(-c2ccc3c(c2)sc2cccc(-n4c5ccccc5c5cc(-n6c7ccccc7c7ccccc76)ccc54)c23)cc1. The van der Waals surface area contributed by atoms with Crippen molar-refractivity contribution in [2.45, 2.75) is 0 Å². The molecular formula is C42H26N2S. The van der Waals surface area contributed by atoms with Crippen LogP contribution in [0.1, 0.15) is 0 Å². The van der Waals surface area contributed by atoms with Crippen molar-refractivity contribution in [2.24, 2.45) is 0 Å². The summed E-state index contributed by atoms with van der Waals surface area (Å²) in [5, 5.41) is 7.69. The van der Waals surface area contributed by atoms with Gasteiger partial charge in [-0.2, -0.15) is 0 Å². The van der Waals surface area contributed by atoms with Gasteiger partial charge in [0.15, 0.2) is 0 Å². The lowest BCUT2D eigenvalue weighted by Crippen LogP contribution is -1.96. The van der Waals surface area contributed by atoms with Gasteiger partial charge in [0.25, 0.3) is 0 Å². The molecule has 0 aliphatic heterocycles. The van der Waals surface area contributed by atoms with E-state index in [4.69, 9.17) is 0 Å². The first kappa shape index (κ1) is 24.8. The summed E-state index contributed by atoms with van der Waals surface area (Å²) < 4.78 is 7.50. The predicted molar refractivity (Wildman–Crippen MR) is 193 cm³/mol. The number of hydrogen-bond acceptors (Lipinski definition) is 1. The van der Waals surface area contributed by atoms with Gasteiger partial charge in [-0.05, 0) is 65.7 Å². The van der Waals surface area contributed by atoms with Crippen LogP contribution in [-0.4, -0.2) is 9.13 Å². The molecule has 0 radical (unpaired) electrons. The van der Waals surface area contributed by atoms with E-state index in [0.29, 0.717) is 0 Å². The molecule has 0 fully saturated rings. The van der Waals surface area contributed by atoms with Crippen LogP contribution in [0.2, 0.25) is 0 Å². The van der Waals surface area contributed by atoms with E-state index in [0.717, 1.165) is 0 Å².